The lowest BCUT2D eigenvalue weighted by atomic mass is 9.86. The van der Waals surface area contributed by atoms with Crippen LogP contribution in [-0.4, -0.2) is 17.6 Å². The van der Waals surface area contributed by atoms with E-state index in [0.29, 0.717) is 12.0 Å². The highest BCUT2D eigenvalue weighted by Gasteiger charge is 2.35. The monoisotopic (exact) mass is 216 g/mol. The lowest BCUT2D eigenvalue weighted by molar-refractivity contribution is -0.0274. The second-order valence-electron chi connectivity index (χ2n) is 5.23. The zero-order valence-electron chi connectivity index (χ0n) is 9.48. The van der Waals surface area contributed by atoms with Crippen LogP contribution < -0.4 is 0 Å². The number of hydrogen-bond donors (Lipinski definition) is 0. The quantitative estimate of drug-likeness (QED) is 0.514. The van der Waals surface area contributed by atoms with Crippen molar-refractivity contribution in [3.05, 3.63) is 12.7 Å². The summed E-state index contributed by atoms with van der Waals surface area (Å²) in [6.45, 7) is 10.3. The first-order chi connectivity index (χ1) is 6.41. The van der Waals surface area contributed by atoms with Gasteiger partial charge in [0.25, 0.3) is 0 Å². The maximum atomic E-state index is 5.94. The molecule has 1 saturated heterocycles. The number of halogens is 1. The molecule has 0 aromatic carbocycles. The largest absolute Gasteiger partial charge is 0.372 e. The van der Waals surface area contributed by atoms with Crippen LogP contribution >= 0.6 is 11.6 Å². The van der Waals surface area contributed by atoms with E-state index in [2.05, 4.69) is 27.4 Å². The molecule has 0 radical (unpaired) electrons. The summed E-state index contributed by atoms with van der Waals surface area (Å²) in [7, 11) is 0. The highest BCUT2D eigenvalue weighted by atomic mass is 35.5. The molecule has 0 N–H and O–H groups in total. The van der Waals surface area contributed by atoms with Gasteiger partial charge in [-0.1, -0.05) is 13.0 Å². The van der Waals surface area contributed by atoms with Gasteiger partial charge in [0, 0.05) is 11.3 Å². The Kier molecular flexibility index (Phi) is 3.65. The molecule has 2 unspecified atom stereocenters. The summed E-state index contributed by atoms with van der Waals surface area (Å²) in [5, 5.41) is 0. The van der Waals surface area contributed by atoms with Gasteiger partial charge in [-0.15, -0.1) is 18.2 Å². The van der Waals surface area contributed by atoms with Gasteiger partial charge in [0.1, 0.15) is 0 Å². The maximum Gasteiger partial charge on any atom is 0.0631 e. The minimum atomic E-state index is 0.0205. The van der Waals surface area contributed by atoms with Crippen molar-refractivity contribution in [2.75, 3.05) is 5.88 Å². The zero-order valence-corrected chi connectivity index (χ0v) is 10.2. The van der Waals surface area contributed by atoms with Crippen LogP contribution in [0.25, 0.3) is 0 Å². The van der Waals surface area contributed by atoms with E-state index in [1.165, 1.54) is 0 Å². The summed E-state index contributed by atoms with van der Waals surface area (Å²) in [5.74, 6) is 0.622. The summed E-state index contributed by atoms with van der Waals surface area (Å²) in [4.78, 5) is 0. The molecule has 0 amide bonds. The van der Waals surface area contributed by atoms with Gasteiger partial charge in [-0.25, -0.2) is 0 Å². The van der Waals surface area contributed by atoms with E-state index in [9.17, 15) is 0 Å². The van der Waals surface area contributed by atoms with Gasteiger partial charge in [0.05, 0.1) is 11.7 Å². The van der Waals surface area contributed by atoms with Crippen LogP contribution in [-0.2, 0) is 4.74 Å². The van der Waals surface area contributed by atoms with Crippen LogP contribution in [0.4, 0.5) is 0 Å². The molecule has 1 fully saturated rings. The predicted molar refractivity (Wildman–Crippen MR) is 61.8 cm³/mol. The lowest BCUT2D eigenvalue weighted by Crippen LogP contribution is -2.26. The van der Waals surface area contributed by atoms with Crippen molar-refractivity contribution in [3.63, 3.8) is 0 Å². The first-order valence-electron chi connectivity index (χ1n) is 5.28. The average Bonchev–Trinajstić information content (AvgIpc) is 2.45. The smallest absolute Gasteiger partial charge is 0.0631 e. The highest BCUT2D eigenvalue weighted by Crippen LogP contribution is 2.37. The molecular formula is C12H21ClO. The van der Waals surface area contributed by atoms with Crippen molar-refractivity contribution < 1.29 is 4.74 Å². The topological polar surface area (TPSA) is 9.23 Å². The first-order valence-corrected chi connectivity index (χ1v) is 5.82. The second kappa shape index (κ2) is 4.24. The van der Waals surface area contributed by atoms with Crippen molar-refractivity contribution in [1.82, 2.24) is 0 Å². The SMILES string of the molecule is C=CC(C)(CCl)CC1CCC(C)(C)O1. The van der Waals surface area contributed by atoms with Gasteiger partial charge in [-0.2, -0.15) is 0 Å². The molecule has 14 heavy (non-hydrogen) atoms. The summed E-state index contributed by atoms with van der Waals surface area (Å²) in [6.07, 6.45) is 5.59. The molecule has 0 aromatic rings. The summed E-state index contributed by atoms with van der Waals surface area (Å²) < 4.78 is 5.94. The standard InChI is InChI=1S/C12H21ClO/c1-5-12(4,9-13)8-10-6-7-11(2,3)14-10/h5,10H,1,6-9H2,2-4H3. The number of alkyl halides is 1. The van der Waals surface area contributed by atoms with E-state index in [-0.39, 0.29) is 11.0 Å². The third-order valence-electron chi connectivity index (χ3n) is 3.05. The highest BCUT2D eigenvalue weighted by molar-refractivity contribution is 6.18. The Labute approximate surface area is 92.5 Å². The van der Waals surface area contributed by atoms with Gasteiger partial charge in [0.15, 0.2) is 0 Å². The van der Waals surface area contributed by atoms with Crippen molar-refractivity contribution >= 4 is 11.6 Å². The van der Waals surface area contributed by atoms with Crippen molar-refractivity contribution in [2.24, 2.45) is 5.41 Å². The Hall–Kier alpha value is -0.0100. The fourth-order valence-electron chi connectivity index (χ4n) is 1.93. The van der Waals surface area contributed by atoms with E-state index < -0.39 is 0 Å². The molecule has 2 heteroatoms. The van der Waals surface area contributed by atoms with Gasteiger partial charge < -0.3 is 4.74 Å². The molecule has 1 rings (SSSR count). The minimum absolute atomic E-state index is 0.0205. The molecule has 0 spiro atoms. The molecule has 0 aliphatic carbocycles. The number of allylic oxidation sites excluding steroid dienone is 1. The first kappa shape index (κ1) is 12.1. The molecule has 0 saturated carbocycles. The Balaban J connectivity index is 2.50. The van der Waals surface area contributed by atoms with E-state index in [1.807, 2.05) is 6.08 Å². The molecule has 2 atom stereocenters. The van der Waals surface area contributed by atoms with Crippen molar-refractivity contribution in [1.29, 1.82) is 0 Å². The second-order valence-corrected chi connectivity index (χ2v) is 5.50. The van der Waals surface area contributed by atoms with Gasteiger partial charge in [-0.05, 0) is 33.1 Å². The van der Waals surface area contributed by atoms with E-state index in [4.69, 9.17) is 16.3 Å². The Bertz CT molecular complexity index is 212. The fraction of sp³-hybridized carbons (Fsp3) is 0.833. The number of ether oxygens (including phenoxy) is 1. The van der Waals surface area contributed by atoms with Gasteiger partial charge >= 0.3 is 0 Å². The van der Waals surface area contributed by atoms with Crippen LogP contribution in [0.2, 0.25) is 0 Å². The normalized spacial score (nSPS) is 29.9. The number of rotatable bonds is 4. The minimum Gasteiger partial charge on any atom is -0.372 e. The van der Waals surface area contributed by atoms with Crippen LogP contribution in [0.15, 0.2) is 12.7 Å². The van der Waals surface area contributed by atoms with Crippen LogP contribution in [0.5, 0.6) is 0 Å². The third-order valence-corrected chi connectivity index (χ3v) is 3.66. The molecular weight excluding hydrogens is 196 g/mol. The summed E-state index contributed by atoms with van der Waals surface area (Å²) >= 11 is 5.93. The van der Waals surface area contributed by atoms with E-state index >= 15 is 0 Å². The molecule has 0 aromatic heterocycles. The molecule has 1 aliphatic rings. The molecule has 1 heterocycles. The van der Waals surface area contributed by atoms with Gasteiger partial charge in [0.2, 0.25) is 0 Å². The average molecular weight is 217 g/mol. The lowest BCUT2D eigenvalue weighted by Gasteiger charge is -2.27. The van der Waals surface area contributed by atoms with Crippen LogP contribution in [0.1, 0.15) is 40.0 Å². The molecule has 1 nitrogen and oxygen atoms in total. The summed E-state index contributed by atoms with van der Waals surface area (Å²) in [6, 6.07) is 0. The maximum absolute atomic E-state index is 5.94. The van der Waals surface area contributed by atoms with E-state index in [0.717, 1.165) is 19.3 Å². The summed E-state index contributed by atoms with van der Waals surface area (Å²) in [5.41, 5.74) is 0.0751. The molecule has 0 bridgehead atoms. The van der Waals surface area contributed by atoms with Crippen molar-refractivity contribution in [2.45, 2.75) is 51.7 Å². The van der Waals surface area contributed by atoms with Gasteiger partial charge in [-0.3, -0.25) is 0 Å². The predicted octanol–water partition coefficient (Wildman–Crippen LogP) is 3.77. The van der Waals surface area contributed by atoms with Crippen molar-refractivity contribution in [3.8, 4) is 0 Å². The Morgan fingerprint density at radius 3 is 2.64 bits per heavy atom. The van der Waals surface area contributed by atoms with Crippen LogP contribution in [0, 0.1) is 5.41 Å². The van der Waals surface area contributed by atoms with Crippen LogP contribution in [0.3, 0.4) is 0 Å². The Morgan fingerprint density at radius 2 is 2.29 bits per heavy atom. The zero-order chi connectivity index (χ0) is 10.8. The Morgan fingerprint density at radius 1 is 1.64 bits per heavy atom. The van der Waals surface area contributed by atoms with E-state index in [1.54, 1.807) is 0 Å². The number of hydrogen-bond acceptors (Lipinski definition) is 1. The third kappa shape index (κ3) is 2.99. The molecule has 82 valence electrons. The molecule has 1 aliphatic heterocycles. The fourth-order valence-corrected chi connectivity index (χ4v) is 2.15.